The van der Waals surface area contributed by atoms with Crippen LogP contribution in [0.25, 0.3) is 0 Å². The molecule has 1 unspecified atom stereocenters. The predicted molar refractivity (Wildman–Crippen MR) is 88.4 cm³/mol. The molecule has 1 aliphatic heterocycles. The molecule has 0 saturated carbocycles. The lowest BCUT2D eigenvalue weighted by Crippen LogP contribution is -2.39. The fraction of sp³-hybridized carbons (Fsp3) is 0.438. The molecule has 1 aromatic carbocycles. The summed E-state index contributed by atoms with van der Waals surface area (Å²) >= 11 is 7.52. The molecule has 0 radical (unpaired) electrons. The fourth-order valence-electron chi connectivity index (χ4n) is 2.77. The van der Waals surface area contributed by atoms with E-state index >= 15 is 0 Å². The van der Waals surface area contributed by atoms with Crippen LogP contribution in [0, 0.1) is 6.92 Å². The van der Waals surface area contributed by atoms with Crippen molar-refractivity contribution in [2.75, 3.05) is 13.1 Å². The lowest BCUT2D eigenvalue weighted by molar-refractivity contribution is -0.131. The Bertz CT molecular complexity index is 656. The minimum Gasteiger partial charge on any atom is -0.342 e. The molecule has 1 atom stereocenters. The summed E-state index contributed by atoms with van der Waals surface area (Å²) in [5.41, 5.74) is 1.00. The Hall–Kier alpha value is -1.46. The van der Waals surface area contributed by atoms with Crippen molar-refractivity contribution in [2.45, 2.75) is 32.1 Å². The zero-order valence-electron chi connectivity index (χ0n) is 12.5. The van der Waals surface area contributed by atoms with Crippen LogP contribution < -0.4 is 0 Å². The molecule has 0 N–H and O–H groups in total. The molecular formula is C16H18ClN3OS. The van der Waals surface area contributed by atoms with Gasteiger partial charge in [0.15, 0.2) is 0 Å². The predicted octanol–water partition coefficient (Wildman–Crippen LogP) is 3.45. The van der Waals surface area contributed by atoms with Crippen LogP contribution in [-0.4, -0.2) is 34.1 Å². The first-order valence-electron chi connectivity index (χ1n) is 7.44. The zero-order chi connectivity index (χ0) is 15.5. The van der Waals surface area contributed by atoms with Crippen molar-refractivity contribution in [2.24, 2.45) is 0 Å². The monoisotopic (exact) mass is 335 g/mol. The molecule has 1 aromatic heterocycles. The molecule has 1 fully saturated rings. The van der Waals surface area contributed by atoms with E-state index in [1.54, 1.807) is 11.3 Å². The quantitative estimate of drug-likeness (QED) is 0.863. The summed E-state index contributed by atoms with van der Waals surface area (Å²) < 4.78 is 0. The number of carbonyl (C=O) groups excluding carboxylic acids is 1. The Morgan fingerprint density at radius 1 is 1.36 bits per heavy atom. The first kappa shape index (κ1) is 15.4. The van der Waals surface area contributed by atoms with E-state index in [2.05, 4.69) is 10.2 Å². The van der Waals surface area contributed by atoms with Gasteiger partial charge < -0.3 is 4.90 Å². The van der Waals surface area contributed by atoms with Gasteiger partial charge in [-0.1, -0.05) is 23.7 Å². The van der Waals surface area contributed by atoms with Crippen LogP contribution in [0.5, 0.6) is 0 Å². The molecule has 1 saturated heterocycles. The van der Waals surface area contributed by atoms with Gasteiger partial charge >= 0.3 is 0 Å². The van der Waals surface area contributed by atoms with Crippen LogP contribution in [0.3, 0.4) is 0 Å². The maximum Gasteiger partial charge on any atom is 0.227 e. The molecule has 2 heterocycles. The van der Waals surface area contributed by atoms with Crippen molar-refractivity contribution < 1.29 is 4.79 Å². The van der Waals surface area contributed by atoms with Crippen LogP contribution >= 0.6 is 22.9 Å². The Kier molecular flexibility index (Phi) is 4.74. The minimum absolute atomic E-state index is 0.174. The molecule has 3 rings (SSSR count). The second kappa shape index (κ2) is 6.75. The Morgan fingerprint density at radius 3 is 2.82 bits per heavy atom. The molecule has 6 heteroatoms. The van der Waals surface area contributed by atoms with E-state index in [1.807, 2.05) is 36.1 Å². The van der Waals surface area contributed by atoms with E-state index in [1.165, 1.54) is 0 Å². The number of benzene rings is 1. The summed E-state index contributed by atoms with van der Waals surface area (Å²) in [6, 6.07) is 7.48. The second-order valence-electron chi connectivity index (χ2n) is 5.64. The summed E-state index contributed by atoms with van der Waals surface area (Å²) in [6.45, 7) is 3.55. The Morgan fingerprint density at radius 2 is 2.14 bits per heavy atom. The molecule has 1 aliphatic rings. The number of amides is 1. The number of aromatic nitrogens is 2. The number of hydrogen-bond donors (Lipinski definition) is 0. The van der Waals surface area contributed by atoms with Gasteiger partial charge in [0.25, 0.3) is 0 Å². The van der Waals surface area contributed by atoms with Crippen molar-refractivity contribution in [3.8, 4) is 0 Å². The average Bonchev–Trinajstić information content (AvgIpc) is 2.96. The maximum absolute atomic E-state index is 12.5. The summed E-state index contributed by atoms with van der Waals surface area (Å²) in [7, 11) is 0. The molecule has 22 heavy (non-hydrogen) atoms. The first-order valence-corrected chi connectivity index (χ1v) is 8.63. The van der Waals surface area contributed by atoms with Crippen LogP contribution in [-0.2, 0) is 11.2 Å². The van der Waals surface area contributed by atoms with E-state index in [9.17, 15) is 4.79 Å². The third-order valence-corrected chi connectivity index (χ3v) is 5.19. The highest BCUT2D eigenvalue weighted by atomic mass is 35.5. The summed E-state index contributed by atoms with van der Waals surface area (Å²) in [4.78, 5) is 14.5. The van der Waals surface area contributed by atoms with E-state index < -0.39 is 0 Å². The van der Waals surface area contributed by atoms with E-state index in [4.69, 9.17) is 11.6 Å². The van der Waals surface area contributed by atoms with Gasteiger partial charge in [0.2, 0.25) is 5.91 Å². The second-order valence-corrected chi connectivity index (χ2v) is 7.29. The number of halogens is 1. The first-order chi connectivity index (χ1) is 10.6. The number of aryl methyl sites for hydroxylation is 1. The molecule has 4 nitrogen and oxygen atoms in total. The molecule has 116 valence electrons. The summed E-state index contributed by atoms with van der Waals surface area (Å²) in [6.07, 6.45) is 2.54. The standard InChI is InChI=1S/C16H18ClN3OS/c1-11-18-19-16(22-11)13-3-2-8-20(10-13)15(21)9-12-4-6-14(17)7-5-12/h4-7,13H,2-3,8-10H2,1H3. The highest BCUT2D eigenvalue weighted by molar-refractivity contribution is 7.11. The van der Waals surface area contributed by atoms with Gasteiger partial charge in [-0.3, -0.25) is 4.79 Å². The lowest BCUT2D eigenvalue weighted by Gasteiger charge is -2.31. The van der Waals surface area contributed by atoms with Crippen molar-refractivity contribution in [1.29, 1.82) is 0 Å². The van der Waals surface area contributed by atoms with Crippen LogP contribution in [0.1, 0.15) is 34.3 Å². The smallest absolute Gasteiger partial charge is 0.227 e. The van der Waals surface area contributed by atoms with Gasteiger partial charge in [0.1, 0.15) is 10.0 Å². The maximum atomic E-state index is 12.5. The van der Waals surface area contributed by atoms with Gasteiger partial charge in [0, 0.05) is 24.0 Å². The van der Waals surface area contributed by atoms with Gasteiger partial charge in [-0.2, -0.15) is 0 Å². The van der Waals surface area contributed by atoms with Crippen molar-refractivity contribution in [3.05, 3.63) is 44.9 Å². The topological polar surface area (TPSA) is 46.1 Å². The van der Waals surface area contributed by atoms with E-state index in [-0.39, 0.29) is 5.91 Å². The molecule has 1 amide bonds. The van der Waals surface area contributed by atoms with Crippen molar-refractivity contribution in [3.63, 3.8) is 0 Å². The number of nitrogens with zero attached hydrogens (tertiary/aromatic N) is 3. The van der Waals surface area contributed by atoms with E-state index in [0.29, 0.717) is 17.4 Å². The SMILES string of the molecule is Cc1nnc(C2CCCN(C(=O)Cc3ccc(Cl)cc3)C2)s1. The van der Waals surface area contributed by atoms with Crippen LogP contribution in [0.15, 0.2) is 24.3 Å². The zero-order valence-corrected chi connectivity index (χ0v) is 14.0. The Labute approximate surface area is 139 Å². The number of hydrogen-bond acceptors (Lipinski definition) is 4. The third-order valence-electron chi connectivity index (χ3n) is 3.93. The van der Waals surface area contributed by atoms with Gasteiger partial charge in [0.05, 0.1) is 6.42 Å². The average molecular weight is 336 g/mol. The van der Waals surface area contributed by atoms with Crippen LogP contribution in [0.4, 0.5) is 0 Å². The normalized spacial score (nSPS) is 18.5. The number of likely N-dealkylation sites (tertiary alicyclic amines) is 1. The minimum atomic E-state index is 0.174. The van der Waals surface area contributed by atoms with Crippen LogP contribution in [0.2, 0.25) is 5.02 Å². The number of piperidine rings is 1. The number of rotatable bonds is 3. The summed E-state index contributed by atoms with van der Waals surface area (Å²) in [5, 5.41) is 11.1. The largest absolute Gasteiger partial charge is 0.342 e. The number of carbonyl (C=O) groups is 1. The van der Waals surface area contributed by atoms with E-state index in [0.717, 1.165) is 41.5 Å². The van der Waals surface area contributed by atoms with Gasteiger partial charge in [-0.25, -0.2) is 0 Å². The Balaban J connectivity index is 1.63. The lowest BCUT2D eigenvalue weighted by atomic mass is 9.98. The molecule has 0 aliphatic carbocycles. The summed E-state index contributed by atoms with van der Waals surface area (Å²) in [5.74, 6) is 0.502. The van der Waals surface area contributed by atoms with Crippen molar-refractivity contribution >= 4 is 28.8 Å². The van der Waals surface area contributed by atoms with Gasteiger partial charge in [-0.05, 0) is 37.5 Å². The van der Waals surface area contributed by atoms with Crippen molar-refractivity contribution in [1.82, 2.24) is 15.1 Å². The highest BCUT2D eigenvalue weighted by Crippen LogP contribution is 2.29. The molecular weight excluding hydrogens is 318 g/mol. The fourth-order valence-corrected chi connectivity index (χ4v) is 3.72. The van der Waals surface area contributed by atoms with Gasteiger partial charge in [-0.15, -0.1) is 21.5 Å². The highest BCUT2D eigenvalue weighted by Gasteiger charge is 2.26. The molecule has 0 spiro atoms. The molecule has 0 bridgehead atoms. The third kappa shape index (κ3) is 3.65. The molecule has 2 aromatic rings.